The van der Waals surface area contributed by atoms with Gasteiger partial charge in [-0.25, -0.2) is 0 Å². The quantitative estimate of drug-likeness (QED) is 0.367. The molecule has 0 saturated heterocycles. The molecule has 0 heterocycles. The van der Waals surface area contributed by atoms with Gasteiger partial charge in [-0.15, -0.1) is 0 Å². The molecule has 0 bridgehead atoms. The van der Waals surface area contributed by atoms with Crippen LogP contribution in [0.2, 0.25) is 0 Å². The van der Waals surface area contributed by atoms with Crippen molar-refractivity contribution in [1.82, 2.24) is 0 Å². The molecule has 0 fully saturated rings. The zero-order valence-electron chi connectivity index (χ0n) is 1.56. The Morgan fingerprint density at radius 3 is 1.20 bits per heavy atom. The first kappa shape index (κ1) is 29.9. The van der Waals surface area contributed by atoms with E-state index in [4.69, 9.17) is 4.57 Å². The number of hydrogen-bond donors (Lipinski definition) is 0. The van der Waals surface area contributed by atoms with E-state index in [1.807, 2.05) is 0 Å². The van der Waals surface area contributed by atoms with Crippen LogP contribution in [0.5, 0.6) is 0 Å². The Morgan fingerprint density at radius 2 is 1.20 bits per heavy atom. The molecule has 0 amide bonds. The van der Waals surface area contributed by atoms with Crippen molar-refractivity contribution in [2.75, 3.05) is 0 Å². The van der Waals surface area contributed by atoms with Gasteiger partial charge in [0.2, 0.25) is 0 Å². The smallest absolute Gasteiger partial charge is 0 e. The summed E-state index contributed by atoms with van der Waals surface area (Å²) in [5, 5.41) is 0. The second kappa shape index (κ2) is 43.6. The third-order valence-corrected chi connectivity index (χ3v) is 0. The summed E-state index contributed by atoms with van der Waals surface area (Å²) in [6, 6.07) is 0. The summed E-state index contributed by atoms with van der Waals surface area (Å²) in [5.74, 6) is 0. The second-order valence-corrected chi connectivity index (χ2v) is 0. The van der Waals surface area contributed by atoms with E-state index in [9.17, 15) is 0 Å². The predicted molar refractivity (Wildman–Crippen MR) is 16.2 cm³/mol. The van der Waals surface area contributed by atoms with Gasteiger partial charge in [-0.2, -0.15) is 0 Å². The van der Waals surface area contributed by atoms with E-state index in [1.54, 1.807) is 9.12 Å². The van der Waals surface area contributed by atoms with E-state index in [0.29, 0.717) is 0 Å². The molecule has 0 unspecified atom stereocenters. The molecule has 0 aliphatic carbocycles. The molecular weight excluding hydrogens is 172 g/mol. The second-order valence-electron chi connectivity index (χ2n) is 0. The predicted octanol–water partition coefficient (Wildman–Crippen LogP) is -0.179. The van der Waals surface area contributed by atoms with E-state index >= 15 is 0 Å². The fourth-order valence-corrected chi connectivity index (χ4v) is 0. The summed E-state index contributed by atoms with van der Waals surface area (Å²) in [7, 11) is 1.72. The van der Waals surface area contributed by atoms with Crippen molar-refractivity contribution in [3.8, 4) is 0 Å². The molecule has 0 spiro atoms. The Balaban J connectivity index is -0.00000000167. The van der Waals surface area contributed by atoms with Gasteiger partial charge in [-0.3, -0.25) is 4.57 Å². The van der Waals surface area contributed by atoms with Gasteiger partial charge in [0.05, 0.1) is 0 Å². The first-order valence-electron chi connectivity index (χ1n) is 0.204. The van der Waals surface area contributed by atoms with Crippen LogP contribution in [0.15, 0.2) is 0 Å². The van der Waals surface area contributed by atoms with Crippen LogP contribution in [-0.2, 0) is 37.8 Å². The number of hydrogen-bond acceptors (Lipinski definition) is 1. The van der Waals surface area contributed by atoms with Crippen LogP contribution in [-0.4, -0.2) is 18.9 Å². The summed E-state index contributed by atoms with van der Waals surface area (Å²) in [5.41, 5.74) is 0. The van der Waals surface area contributed by atoms with Crippen LogP contribution in [0.1, 0.15) is 0 Å². The summed E-state index contributed by atoms with van der Waals surface area (Å²) < 4.78 is 8.06. The molecule has 5 heteroatoms. The van der Waals surface area contributed by atoms with Gasteiger partial charge >= 0.3 is 18.9 Å². The topological polar surface area (TPSA) is 17.1 Å². The Bertz CT molecular complexity index is 11.6. The van der Waals surface area contributed by atoms with Gasteiger partial charge in [-0.1, -0.05) is 0 Å². The fraction of sp³-hybridized carbons (Fsp3) is 0. The molecule has 5 heavy (non-hydrogen) atoms. The zero-order valence-corrected chi connectivity index (χ0v) is 4.59. The third-order valence-electron chi connectivity index (χ3n) is 0. The Morgan fingerprint density at radius 1 is 1.20 bits per heavy atom. The first-order valence-corrected chi connectivity index (χ1v) is 0.612. The molecule has 0 aromatic carbocycles. The maximum atomic E-state index is 8.06. The maximum Gasteiger partial charge on any atom is 0 e. The van der Waals surface area contributed by atoms with Gasteiger partial charge in [-0.05, 0) is 0 Å². The van der Waals surface area contributed by atoms with Crippen LogP contribution in [0.3, 0.4) is 0 Å². The standard InChI is InChI=1S/Co.Li.Ni.HOP.H/c;;;1-2;/h;;;2H;. The molecule has 0 aliphatic heterocycles. The van der Waals surface area contributed by atoms with Crippen molar-refractivity contribution in [2.45, 2.75) is 0 Å². The average Bonchev–Trinajstić information content (AvgIpc) is 1.00. The minimum Gasteiger partial charge on any atom is 0 e. The monoisotopic (exact) mass is 173 g/mol. The van der Waals surface area contributed by atoms with Gasteiger partial charge in [0.15, 0.2) is 0 Å². The van der Waals surface area contributed by atoms with Crippen molar-refractivity contribution in [3.05, 3.63) is 0 Å². The average molecular weight is 174 g/mol. The Kier molecular flexibility index (Phi) is 261. The molecule has 0 aromatic rings. The van der Waals surface area contributed by atoms with Crippen LogP contribution in [0, 0.1) is 0 Å². The summed E-state index contributed by atoms with van der Waals surface area (Å²) in [6.45, 7) is 0. The summed E-state index contributed by atoms with van der Waals surface area (Å²) in [6.07, 6.45) is 0. The van der Waals surface area contributed by atoms with Gasteiger partial charge in [0, 0.05) is 33.3 Å². The van der Waals surface area contributed by atoms with Crippen LogP contribution < -0.4 is 0 Å². The minimum atomic E-state index is 0. The normalized spacial score (nSPS) is 0.800. The van der Waals surface area contributed by atoms with Gasteiger partial charge in [0.25, 0.3) is 0 Å². The molecule has 0 atom stereocenters. The summed E-state index contributed by atoms with van der Waals surface area (Å²) in [4.78, 5) is 0. The third kappa shape index (κ3) is 27.0. The van der Waals surface area contributed by atoms with Crippen molar-refractivity contribution >= 4 is 28.0 Å². The van der Waals surface area contributed by atoms with Crippen molar-refractivity contribution in [2.24, 2.45) is 0 Å². The molecule has 33 valence electrons. The van der Waals surface area contributed by atoms with Gasteiger partial charge < -0.3 is 0 Å². The van der Waals surface area contributed by atoms with E-state index in [-0.39, 0.29) is 52.1 Å². The van der Waals surface area contributed by atoms with E-state index in [1.165, 1.54) is 0 Å². The molecular formula is H2CoLiNiOP. The van der Waals surface area contributed by atoms with E-state index in [2.05, 4.69) is 0 Å². The van der Waals surface area contributed by atoms with E-state index < -0.39 is 0 Å². The SMILES string of the molecule is O=P.[Co].[LiH].[Ni]. The first-order chi connectivity index (χ1) is 1.00. The fourth-order valence-electron chi connectivity index (χ4n) is 0. The van der Waals surface area contributed by atoms with Gasteiger partial charge in [0.1, 0.15) is 9.12 Å². The molecule has 0 aliphatic rings. The Labute approximate surface area is 65.6 Å². The minimum absolute atomic E-state index is 0. The zero-order chi connectivity index (χ0) is 2.00. The van der Waals surface area contributed by atoms with Crippen molar-refractivity contribution in [1.29, 1.82) is 0 Å². The number of rotatable bonds is 0. The van der Waals surface area contributed by atoms with Crippen LogP contribution >= 0.6 is 9.12 Å². The molecule has 0 N–H and O–H groups in total. The van der Waals surface area contributed by atoms with Crippen LogP contribution in [0.25, 0.3) is 0 Å². The van der Waals surface area contributed by atoms with Crippen LogP contribution in [0.4, 0.5) is 0 Å². The molecule has 0 saturated carbocycles. The van der Waals surface area contributed by atoms with Crippen molar-refractivity contribution in [3.63, 3.8) is 0 Å². The Hall–Kier alpha value is 1.70. The maximum absolute atomic E-state index is 8.06. The largest absolute Gasteiger partial charge is 0 e. The van der Waals surface area contributed by atoms with Crippen molar-refractivity contribution < 1.29 is 37.8 Å². The molecule has 1 radical (unpaired) electrons. The molecule has 0 rings (SSSR count). The summed E-state index contributed by atoms with van der Waals surface area (Å²) >= 11 is 0. The molecule has 1 nitrogen and oxygen atoms in total. The van der Waals surface area contributed by atoms with E-state index in [0.717, 1.165) is 0 Å². The molecule has 0 aromatic heterocycles.